The van der Waals surface area contributed by atoms with Crippen LogP contribution in [0, 0.1) is 0 Å². The summed E-state index contributed by atoms with van der Waals surface area (Å²) in [5.41, 5.74) is 2.21. The second-order valence-electron chi connectivity index (χ2n) is 6.88. The summed E-state index contributed by atoms with van der Waals surface area (Å²) in [5.74, 6) is 2.95. The van der Waals surface area contributed by atoms with Crippen LogP contribution in [-0.2, 0) is 6.42 Å². The molecule has 0 unspecified atom stereocenters. The van der Waals surface area contributed by atoms with E-state index in [4.69, 9.17) is 14.7 Å². The molecule has 2 aromatic carbocycles. The molecule has 1 aliphatic rings. The minimum absolute atomic E-state index is 0.916. The summed E-state index contributed by atoms with van der Waals surface area (Å²) < 4.78 is 5.53. The van der Waals surface area contributed by atoms with Crippen molar-refractivity contribution in [3.63, 3.8) is 0 Å². The first-order valence-electron chi connectivity index (χ1n) is 9.68. The maximum absolute atomic E-state index is 5.53. The molecule has 0 atom stereocenters. The van der Waals surface area contributed by atoms with Crippen molar-refractivity contribution in [2.45, 2.75) is 19.8 Å². The highest BCUT2D eigenvalue weighted by molar-refractivity contribution is 5.89. The molecular weight excluding hydrogens is 336 g/mol. The van der Waals surface area contributed by atoms with E-state index < -0.39 is 0 Å². The molecule has 1 aliphatic heterocycles. The third-order valence-electron chi connectivity index (χ3n) is 5.11. The second-order valence-corrected chi connectivity index (χ2v) is 6.88. The topological polar surface area (TPSA) is 41.5 Å². The van der Waals surface area contributed by atoms with Gasteiger partial charge < -0.3 is 14.5 Å². The van der Waals surface area contributed by atoms with Gasteiger partial charge in [0.2, 0.25) is 0 Å². The molecule has 0 radical (unpaired) electrons. The fraction of sp³-hybridized carbons (Fsp3) is 0.364. The van der Waals surface area contributed by atoms with Gasteiger partial charge in [0.15, 0.2) is 0 Å². The molecule has 3 aromatic rings. The summed E-state index contributed by atoms with van der Waals surface area (Å²) in [6, 6.07) is 16.6. The standard InChI is InChI=1S/C22H26N4O/c1-3-8-21-23-18-10-5-4-9-17(18)22(24-21)26-15-13-25(14-16-26)19-11-6-7-12-20(19)27-2/h4-7,9-12H,3,8,13-16H2,1-2H3. The Morgan fingerprint density at radius 2 is 1.59 bits per heavy atom. The third kappa shape index (κ3) is 3.54. The van der Waals surface area contributed by atoms with Crippen LogP contribution in [0.5, 0.6) is 5.75 Å². The van der Waals surface area contributed by atoms with Crippen molar-refractivity contribution >= 4 is 22.4 Å². The first-order valence-corrected chi connectivity index (χ1v) is 9.68. The van der Waals surface area contributed by atoms with Gasteiger partial charge in [-0.15, -0.1) is 0 Å². The molecule has 27 heavy (non-hydrogen) atoms. The van der Waals surface area contributed by atoms with Crippen molar-refractivity contribution in [2.24, 2.45) is 0 Å². The van der Waals surface area contributed by atoms with Gasteiger partial charge in [0.1, 0.15) is 17.4 Å². The zero-order valence-corrected chi connectivity index (χ0v) is 16.1. The molecule has 1 fully saturated rings. The Labute approximate surface area is 160 Å². The molecule has 0 bridgehead atoms. The molecule has 0 spiro atoms. The lowest BCUT2D eigenvalue weighted by atomic mass is 10.2. The first-order chi connectivity index (χ1) is 13.3. The van der Waals surface area contributed by atoms with E-state index in [-0.39, 0.29) is 0 Å². The van der Waals surface area contributed by atoms with Gasteiger partial charge in [-0.3, -0.25) is 0 Å². The number of rotatable bonds is 5. The van der Waals surface area contributed by atoms with E-state index in [1.807, 2.05) is 12.1 Å². The number of anilines is 2. The maximum Gasteiger partial charge on any atom is 0.142 e. The maximum atomic E-state index is 5.53. The number of ether oxygens (including phenoxy) is 1. The van der Waals surface area contributed by atoms with Gasteiger partial charge in [-0.25, -0.2) is 9.97 Å². The van der Waals surface area contributed by atoms with Gasteiger partial charge in [-0.05, 0) is 30.7 Å². The quantitative estimate of drug-likeness (QED) is 0.688. The Balaban J connectivity index is 1.59. The highest BCUT2D eigenvalue weighted by Gasteiger charge is 2.22. The fourth-order valence-corrected chi connectivity index (χ4v) is 3.73. The highest BCUT2D eigenvalue weighted by Crippen LogP contribution is 2.30. The van der Waals surface area contributed by atoms with E-state index in [1.165, 1.54) is 5.69 Å². The minimum atomic E-state index is 0.916. The van der Waals surface area contributed by atoms with Crippen LogP contribution in [0.2, 0.25) is 0 Å². The molecule has 5 nitrogen and oxygen atoms in total. The number of hydrogen-bond donors (Lipinski definition) is 0. The normalized spacial score (nSPS) is 14.6. The number of methoxy groups -OCH3 is 1. The Hall–Kier alpha value is -2.82. The van der Waals surface area contributed by atoms with Gasteiger partial charge in [0, 0.05) is 38.0 Å². The number of benzene rings is 2. The van der Waals surface area contributed by atoms with Gasteiger partial charge in [-0.2, -0.15) is 0 Å². The smallest absolute Gasteiger partial charge is 0.142 e. The Morgan fingerprint density at radius 1 is 0.889 bits per heavy atom. The van der Waals surface area contributed by atoms with Crippen molar-refractivity contribution in [1.29, 1.82) is 0 Å². The number of aryl methyl sites for hydroxylation is 1. The van der Waals surface area contributed by atoms with E-state index in [9.17, 15) is 0 Å². The van der Waals surface area contributed by atoms with Crippen molar-refractivity contribution in [1.82, 2.24) is 9.97 Å². The molecule has 1 aromatic heterocycles. The molecule has 0 amide bonds. The number of nitrogens with zero attached hydrogens (tertiary/aromatic N) is 4. The summed E-state index contributed by atoms with van der Waals surface area (Å²) in [7, 11) is 1.73. The largest absolute Gasteiger partial charge is 0.495 e. The minimum Gasteiger partial charge on any atom is -0.495 e. The van der Waals surface area contributed by atoms with Crippen molar-refractivity contribution in [2.75, 3.05) is 43.1 Å². The zero-order chi connectivity index (χ0) is 18.6. The van der Waals surface area contributed by atoms with Crippen LogP contribution >= 0.6 is 0 Å². The Morgan fingerprint density at radius 3 is 2.37 bits per heavy atom. The number of piperazine rings is 1. The SMILES string of the molecule is CCCc1nc(N2CCN(c3ccccc3OC)CC2)c2ccccc2n1. The van der Waals surface area contributed by atoms with Crippen LogP contribution in [0.3, 0.4) is 0 Å². The lowest BCUT2D eigenvalue weighted by molar-refractivity contribution is 0.413. The molecule has 0 aliphatic carbocycles. The van der Waals surface area contributed by atoms with Gasteiger partial charge in [0.25, 0.3) is 0 Å². The summed E-state index contributed by atoms with van der Waals surface area (Å²) in [4.78, 5) is 14.5. The number of fused-ring (bicyclic) bond motifs is 1. The number of para-hydroxylation sites is 3. The molecule has 0 N–H and O–H groups in total. The average molecular weight is 362 g/mol. The van der Waals surface area contributed by atoms with Gasteiger partial charge >= 0.3 is 0 Å². The number of aromatic nitrogens is 2. The van der Waals surface area contributed by atoms with Crippen LogP contribution in [0.1, 0.15) is 19.2 Å². The first kappa shape index (κ1) is 17.6. The molecule has 2 heterocycles. The lowest BCUT2D eigenvalue weighted by Gasteiger charge is -2.37. The van der Waals surface area contributed by atoms with Crippen molar-refractivity contribution in [3.8, 4) is 5.75 Å². The van der Waals surface area contributed by atoms with Crippen LogP contribution in [-0.4, -0.2) is 43.3 Å². The molecular formula is C22H26N4O. The average Bonchev–Trinajstić information content (AvgIpc) is 2.73. The van der Waals surface area contributed by atoms with Crippen molar-refractivity contribution < 1.29 is 4.74 Å². The Bertz CT molecular complexity index is 919. The second kappa shape index (κ2) is 7.82. The number of hydrogen-bond acceptors (Lipinski definition) is 5. The predicted molar refractivity (Wildman–Crippen MR) is 111 cm³/mol. The predicted octanol–water partition coefficient (Wildman–Crippen LogP) is 3.92. The summed E-state index contributed by atoms with van der Waals surface area (Å²) in [6.45, 7) is 5.93. The van der Waals surface area contributed by atoms with E-state index in [1.54, 1.807) is 7.11 Å². The summed E-state index contributed by atoms with van der Waals surface area (Å²) in [6.07, 6.45) is 1.97. The van der Waals surface area contributed by atoms with Crippen LogP contribution in [0.4, 0.5) is 11.5 Å². The van der Waals surface area contributed by atoms with Gasteiger partial charge in [-0.1, -0.05) is 31.2 Å². The summed E-state index contributed by atoms with van der Waals surface area (Å²) >= 11 is 0. The van der Waals surface area contributed by atoms with E-state index >= 15 is 0 Å². The lowest BCUT2D eigenvalue weighted by Crippen LogP contribution is -2.47. The van der Waals surface area contributed by atoms with Crippen LogP contribution in [0.15, 0.2) is 48.5 Å². The summed E-state index contributed by atoms with van der Waals surface area (Å²) in [5, 5.41) is 1.14. The third-order valence-corrected chi connectivity index (χ3v) is 5.11. The molecule has 140 valence electrons. The van der Waals surface area contributed by atoms with Gasteiger partial charge in [0.05, 0.1) is 18.3 Å². The highest BCUT2D eigenvalue weighted by atomic mass is 16.5. The monoisotopic (exact) mass is 362 g/mol. The van der Waals surface area contributed by atoms with E-state index in [0.29, 0.717) is 0 Å². The van der Waals surface area contributed by atoms with Crippen LogP contribution < -0.4 is 14.5 Å². The van der Waals surface area contributed by atoms with Crippen LogP contribution in [0.25, 0.3) is 10.9 Å². The zero-order valence-electron chi connectivity index (χ0n) is 16.1. The van der Waals surface area contributed by atoms with E-state index in [0.717, 1.165) is 67.3 Å². The van der Waals surface area contributed by atoms with E-state index in [2.05, 4.69) is 53.1 Å². The van der Waals surface area contributed by atoms with Crippen molar-refractivity contribution in [3.05, 3.63) is 54.4 Å². The molecule has 4 rings (SSSR count). The molecule has 5 heteroatoms. The fourth-order valence-electron chi connectivity index (χ4n) is 3.73. The molecule has 1 saturated heterocycles. The Kier molecular flexibility index (Phi) is 5.10. The molecule has 0 saturated carbocycles.